The molecule has 23 heavy (non-hydrogen) atoms. The van der Waals surface area contributed by atoms with Crippen molar-refractivity contribution in [1.82, 2.24) is 4.57 Å². The Hall–Kier alpha value is -2.52. The van der Waals surface area contributed by atoms with Gasteiger partial charge in [-0.1, -0.05) is 48.0 Å². The van der Waals surface area contributed by atoms with E-state index in [0.29, 0.717) is 10.7 Å². The summed E-state index contributed by atoms with van der Waals surface area (Å²) in [7, 11) is 3.47. The van der Waals surface area contributed by atoms with Crippen molar-refractivity contribution in [3.05, 3.63) is 70.9 Å². The van der Waals surface area contributed by atoms with Gasteiger partial charge in [0.05, 0.1) is 12.7 Å². The fraction of sp³-hybridized carbons (Fsp3) is 0.105. The molecule has 3 nitrogen and oxygen atoms in total. The van der Waals surface area contributed by atoms with Crippen molar-refractivity contribution < 1.29 is 9.53 Å². The van der Waals surface area contributed by atoms with E-state index in [4.69, 9.17) is 16.3 Å². The Morgan fingerprint density at radius 2 is 1.96 bits per heavy atom. The monoisotopic (exact) mass is 325 g/mol. The lowest BCUT2D eigenvalue weighted by molar-refractivity contribution is 0.104. The number of aryl methyl sites for hydroxylation is 1. The van der Waals surface area contributed by atoms with Gasteiger partial charge in [-0.3, -0.25) is 4.79 Å². The topological polar surface area (TPSA) is 31.2 Å². The molecule has 3 aromatic rings. The van der Waals surface area contributed by atoms with Gasteiger partial charge in [0.2, 0.25) is 0 Å². The second-order valence-electron chi connectivity index (χ2n) is 5.22. The van der Waals surface area contributed by atoms with Gasteiger partial charge in [-0.2, -0.15) is 0 Å². The van der Waals surface area contributed by atoms with E-state index in [9.17, 15) is 4.79 Å². The molecule has 1 aromatic heterocycles. The van der Waals surface area contributed by atoms with E-state index < -0.39 is 0 Å². The van der Waals surface area contributed by atoms with E-state index in [1.165, 1.54) is 0 Å². The molecule has 0 bridgehead atoms. The maximum absolute atomic E-state index is 12.6. The van der Waals surface area contributed by atoms with Crippen LogP contribution >= 0.6 is 11.6 Å². The minimum Gasteiger partial charge on any atom is -0.497 e. The smallest absolute Gasteiger partial charge is 0.189 e. The Morgan fingerprint density at radius 3 is 2.74 bits per heavy atom. The maximum atomic E-state index is 12.6. The first-order valence-electron chi connectivity index (χ1n) is 7.21. The average molecular weight is 326 g/mol. The first-order valence-corrected chi connectivity index (χ1v) is 7.59. The lowest BCUT2D eigenvalue weighted by atomic mass is 10.1. The van der Waals surface area contributed by atoms with E-state index in [0.717, 1.165) is 22.2 Å². The predicted molar refractivity (Wildman–Crippen MR) is 94.3 cm³/mol. The third-order valence-electron chi connectivity index (χ3n) is 3.80. The van der Waals surface area contributed by atoms with Gasteiger partial charge in [-0.25, -0.2) is 0 Å². The number of carbonyl (C=O) groups excluding carboxylic acids is 1. The van der Waals surface area contributed by atoms with E-state index in [2.05, 4.69) is 0 Å². The van der Waals surface area contributed by atoms with E-state index in [1.807, 2.05) is 60.1 Å². The fourth-order valence-electron chi connectivity index (χ4n) is 2.60. The molecule has 0 aliphatic heterocycles. The Morgan fingerprint density at radius 1 is 1.17 bits per heavy atom. The lowest BCUT2D eigenvalue weighted by Gasteiger charge is -2.00. The number of para-hydroxylation sites is 1. The van der Waals surface area contributed by atoms with Crippen LogP contribution in [0.15, 0.2) is 54.6 Å². The van der Waals surface area contributed by atoms with Crippen molar-refractivity contribution in [1.29, 1.82) is 0 Å². The minimum atomic E-state index is -0.116. The summed E-state index contributed by atoms with van der Waals surface area (Å²) in [6.45, 7) is 0. The molecule has 0 saturated heterocycles. The van der Waals surface area contributed by atoms with Gasteiger partial charge in [-0.05, 0) is 29.8 Å². The van der Waals surface area contributed by atoms with E-state index in [1.54, 1.807) is 19.3 Å². The number of methoxy groups -OCH3 is 1. The molecule has 0 N–H and O–H groups in total. The summed E-state index contributed by atoms with van der Waals surface area (Å²) in [5.74, 6) is 0.636. The van der Waals surface area contributed by atoms with Crippen molar-refractivity contribution in [3.8, 4) is 5.75 Å². The molecule has 0 aliphatic rings. The zero-order valence-electron chi connectivity index (χ0n) is 12.9. The molecule has 0 fully saturated rings. The number of benzene rings is 2. The van der Waals surface area contributed by atoms with Gasteiger partial charge >= 0.3 is 0 Å². The Bertz CT molecular complexity index is 909. The minimum absolute atomic E-state index is 0.116. The van der Waals surface area contributed by atoms with E-state index in [-0.39, 0.29) is 5.78 Å². The number of halogens is 1. The summed E-state index contributed by atoms with van der Waals surface area (Å²) in [5.41, 5.74) is 2.37. The highest BCUT2D eigenvalue weighted by atomic mass is 35.5. The zero-order valence-corrected chi connectivity index (χ0v) is 13.7. The Labute approximate surface area is 139 Å². The van der Waals surface area contributed by atoms with Crippen molar-refractivity contribution in [3.63, 3.8) is 0 Å². The number of hydrogen-bond donors (Lipinski definition) is 0. The van der Waals surface area contributed by atoms with Gasteiger partial charge in [-0.15, -0.1) is 0 Å². The number of hydrogen-bond acceptors (Lipinski definition) is 2. The molecule has 0 amide bonds. The van der Waals surface area contributed by atoms with Gasteiger partial charge in [0.1, 0.15) is 10.9 Å². The van der Waals surface area contributed by atoms with Crippen molar-refractivity contribution in [2.75, 3.05) is 7.11 Å². The maximum Gasteiger partial charge on any atom is 0.189 e. The lowest BCUT2D eigenvalue weighted by Crippen LogP contribution is -1.95. The van der Waals surface area contributed by atoms with Crippen LogP contribution in [0.2, 0.25) is 5.15 Å². The van der Waals surface area contributed by atoms with Crippen molar-refractivity contribution in [2.45, 2.75) is 0 Å². The van der Waals surface area contributed by atoms with Crippen LogP contribution in [0.3, 0.4) is 0 Å². The molecular formula is C19H16ClNO2. The summed E-state index contributed by atoms with van der Waals surface area (Å²) in [6.07, 6.45) is 3.31. The van der Waals surface area contributed by atoms with Crippen LogP contribution in [0.25, 0.3) is 17.0 Å². The van der Waals surface area contributed by atoms with Crippen molar-refractivity contribution >= 4 is 34.4 Å². The standard InChI is InChI=1S/C19H16ClNO2/c1-21-16-9-4-3-8-15(16)18(19(21)20)17(22)11-10-13-6-5-7-14(12-13)23-2/h3-12H,1-2H3/b11-10+. The van der Waals surface area contributed by atoms with Gasteiger partial charge in [0.15, 0.2) is 5.78 Å². The summed E-state index contributed by atoms with van der Waals surface area (Å²) < 4.78 is 7.01. The second-order valence-corrected chi connectivity index (χ2v) is 5.57. The summed E-state index contributed by atoms with van der Waals surface area (Å²) in [4.78, 5) is 12.6. The molecule has 0 unspecified atom stereocenters. The van der Waals surface area contributed by atoms with Crippen LogP contribution in [-0.2, 0) is 7.05 Å². The zero-order chi connectivity index (χ0) is 16.4. The molecule has 0 spiro atoms. The molecule has 3 rings (SSSR count). The molecule has 4 heteroatoms. The Balaban J connectivity index is 1.98. The molecule has 2 aromatic carbocycles. The number of nitrogens with zero attached hydrogens (tertiary/aromatic N) is 1. The van der Waals surface area contributed by atoms with Crippen LogP contribution in [0.5, 0.6) is 5.75 Å². The highest BCUT2D eigenvalue weighted by Crippen LogP contribution is 2.29. The SMILES string of the molecule is COc1cccc(/C=C/C(=O)c2c(Cl)n(C)c3ccccc23)c1. The van der Waals surface area contributed by atoms with Gasteiger partial charge < -0.3 is 9.30 Å². The molecule has 0 radical (unpaired) electrons. The highest BCUT2D eigenvalue weighted by Gasteiger charge is 2.17. The highest BCUT2D eigenvalue weighted by molar-refractivity contribution is 6.36. The largest absolute Gasteiger partial charge is 0.497 e. The number of fused-ring (bicyclic) bond motifs is 1. The molecule has 1 heterocycles. The van der Waals surface area contributed by atoms with Crippen molar-refractivity contribution in [2.24, 2.45) is 7.05 Å². The van der Waals surface area contributed by atoms with Gasteiger partial charge in [0.25, 0.3) is 0 Å². The number of aromatic nitrogens is 1. The number of carbonyl (C=O) groups is 1. The van der Waals surface area contributed by atoms with E-state index >= 15 is 0 Å². The third-order valence-corrected chi connectivity index (χ3v) is 4.25. The fourth-order valence-corrected chi connectivity index (χ4v) is 2.88. The predicted octanol–water partition coefficient (Wildman–Crippen LogP) is 4.74. The molecule has 0 atom stereocenters. The quantitative estimate of drug-likeness (QED) is 0.512. The molecule has 0 aliphatic carbocycles. The molecule has 116 valence electrons. The number of ketones is 1. The van der Waals surface area contributed by atoms with Crippen LogP contribution < -0.4 is 4.74 Å². The summed E-state index contributed by atoms with van der Waals surface area (Å²) >= 11 is 6.35. The third kappa shape index (κ3) is 2.88. The Kier molecular flexibility index (Phi) is 4.22. The summed E-state index contributed by atoms with van der Waals surface area (Å²) in [6, 6.07) is 15.2. The average Bonchev–Trinajstić information content (AvgIpc) is 2.84. The van der Waals surface area contributed by atoms with Crippen LogP contribution in [0.1, 0.15) is 15.9 Å². The van der Waals surface area contributed by atoms with Crippen LogP contribution in [0.4, 0.5) is 0 Å². The number of allylic oxidation sites excluding steroid dienone is 1. The molecular weight excluding hydrogens is 310 g/mol. The summed E-state index contributed by atoms with van der Waals surface area (Å²) in [5, 5.41) is 1.31. The normalized spacial score (nSPS) is 11.3. The van der Waals surface area contributed by atoms with Crippen LogP contribution in [0, 0.1) is 0 Å². The first kappa shape index (κ1) is 15.4. The number of rotatable bonds is 4. The number of ether oxygens (including phenoxy) is 1. The first-order chi connectivity index (χ1) is 11.1. The van der Waals surface area contributed by atoms with Gasteiger partial charge in [0, 0.05) is 18.0 Å². The molecule has 0 saturated carbocycles. The second kappa shape index (κ2) is 6.31. The van der Waals surface area contributed by atoms with Crippen LogP contribution in [-0.4, -0.2) is 17.5 Å².